The maximum absolute atomic E-state index is 12.1. The first-order chi connectivity index (χ1) is 9.81. The molecule has 0 amide bonds. The van der Waals surface area contributed by atoms with Crippen molar-refractivity contribution in [1.82, 2.24) is 0 Å². The number of hydrogen-bond donors (Lipinski definition) is 1. The average Bonchev–Trinajstić information content (AvgIpc) is 2.49. The lowest BCUT2D eigenvalue weighted by atomic mass is 9.96. The Morgan fingerprint density at radius 1 is 0.950 bits per heavy atom. The monoisotopic (exact) mass is 266 g/mol. The molecule has 100 valence electrons. The molecule has 3 nitrogen and oxygen atoms in total. The van der Waals surface area contributed by atoms with E-state index in [0.717, 1.165) is 16.5 Å². The second-order valence-electron chi connectivity index (χ2n) is 4.58. The molecule has 0 unspecified atom stereocenters. The minimum absolute atomic E-state index is 0.0804. The second-order valence-corrected chi connectivity index (χ2v) is 4.58. The van der Waals surface area contributed by atoms with E-state index in [-0.39, 0.29) is 18.7 Å². The van der Waals surface area contributed by atoms with Gasteiger partial charge in [0.1, 0.15) is 5.58 Å². The zero-order chi connectivity index (χ0) is 13.9. The van der Waals surface area contributed by atoms with Crippen LogP contribution in [-0.2, 0) is 6.42 Å². The van der Waals surface area contributed by atoms with Crippen LogP contribution in [0.2, 0.25) is 0 Å². The average molecular weight is 266 g/mol. The van der Waals surface area contributed by atoms with Crippen LogP contribution in [0.25, 0.3) is 22.1 Å². The Hall–Kier alpha value is -2.39. The van der Waals surface area contributed by atoms with Crippen LogP contribution in [-0.4, -0.2) is 11.7 Å². The van der Waals surface area contributed by atoms with E-state index in [1.165, 1.54) is 0 Å². The SMILES string of the molecule is O=c1oc2ccccc2c(-c2ccccc2)c1CCO. The van der Waals surface area contributed by atoms with Crippen LogP contribution in [0.3, 0.4) is 0 Å². The molecule has 0 fully saturated rings. The molecular weight excluding hydrogens is 252 g/mol. The van der Waals surface area contributed by atoms with Crippen LogP contribution in [0.15, 0.2) is 63.8 Å². The molecule has 2 aromatic carbocycles. The summed E-state index contributed by atoms with van der Waals surface area (Å²) >= 11 is 0. The Bertz CT molecular complexity index is 788. The van der Waals surface area contributed by atoms with E-state index in [0.29, 0.717) is 11.1 Å². The second kappa shape index (κ2) is 5.31. The van der Waals surface area contributed by atoms with E-state index < -0.39 is 0 Å². The van der Waals surface area contributed by atoms with Crippen LogP contribution in [0.4, 0.5) is 0 Å². The fourth-order valence-corrected chi connectivity index (χ4v) is 2.46. The van der Waals surface area contributed by atoms with Gasteiger partial charge in [-0.2, -0.15) is 0 Å². The summed E-state index contributed by atoms with van der Waals surface area (Å²) in [6.07, 6.45) is 0.289. The van der Waals surface area contributed by atoms with Crippen molar-refractivity contribution in [2.45, 2.75) is 6.42 Å². The highest BCUT2D eigenvalue weighted by atomic mass is 16.4. The molecule has 1 N–H and O–H groups in total. The number of fused-ring (bicyclic) bond motifs is 1. The van der Waals surface area contributed by atoms with Gasteiger partial charge in [0.15, 0.2) is 0 Å². The molecule has 20 heavy (non-hydrogen) atoms. The lowest BCUT2D eigenvalue weighted by molar-refractivity contribution is 0.298. The van der Waals surface area contributed by atoms with Crippen LogP contribution < -0.4 is 5.63 Å². The molecule has 0 saturated heterocycles. The van der Waals surface area contributed by atoms with Gasteiger partial charge >= 0.3 is 5.63 Å². The van der Waals surface area contributed by atoms with Gasteiger partial charge in [0.05, 0.1) is 0 Å². The molecule has 1 aromatic heterocycles. The van der Waals surface area contributed by atoms with E-state index in [4.69, 9.17) is 4.42 Å². The molecule has 3 rings (SSSR count). The first kappa shape index (κ1) is 12.6. The Kier molecular flexibility index (Phi) is 3.35. The van der Waals surface area contributed by atoms with Crippen LogP contribution >= 0.6 is 0 Å². The number of benzene rings is 2. The van der Waals surface area contributed by atoms with Gasteiger partial charge in [0, 0.05) is 29.5 Å². The zero-order valence-corrected chi connectivity index (χ0v) is 10.9. The first-order valence-corrected chi connectivity index (χ1v) is 6.52. The summed E-state index contributed by atoms with van der Waals surface area (Å²) in [5, 5.41) is 10.1. The van der Waals surface area contributed by atoms with Gasteiger partial charge in [-0.05, 0) is 11.6 Å². The minimum atomic E-state index is -0.378. The summed E-state index contributed by atoms with van der Waals surface area (Å²) in [4.78, 5) is 12.1. The fraction of sp³-hybridized carbons (Fsp3) is 0.118. The Morgan fingerprint density at radius 2 is 1.65 bits per heavy atom. The summed E-state index contributed by atoms with van der Waals surface area (Å²) in [6, 6.07) is 17.2. The Balaban J connectivity index is 2.42. The topological polar surface area (TPSA) is 50.4 Å². The van der Waals surface area contributed by atoms with E-state index in [1.54, 1.807) is 6.07 Å². The quantitative estimate of drug-likeness (QED) is 0.741. The highest BCUT2D eigenvalue weighted by Gasteiger charge is 2.15. The smallest absolute Gasteiger partial charge is 0.340 e. The molecule has 0 saturated carbocycles. The van der Waals surface area contributed by atoms with Gasteiger partial charge in [-0.15, -0.1) is 0 Å². The third-order valence-corrected chi connectivity index (χ3v) is 3.33. The first-order valence-electron chi connectivity index (χ1n) is 6.52. The molecule has 0 radical (unpaired) electrons. The summed E-state index contributed by atoms with van der Waals surface area (Å²) < 4.78 is 5.34. The van der Waals surface area contributed by atoms with Crippen molar-refractivity contribution in [2.24, 2.45) is 0 Å². The fourth-order valence-electron chi connectivity index (χ4n) is 2.46. The largest absolute Gasteiger partial charge is 0.422 e. The lowest BCUT2D eigenvalue weighted by Crippen LogP contribution is -2.11. The number of rotatable bonds is 3. The summed E-state index contributed by atoms with van der Waals surface area (Å²) in [5.74, 6) is 0. The molecule has 1 heterocycles. The summed E-state index contributed by atoms with van der Waals surface area (Å²) in [6.45, 7) is -0.0804. The predicted molar refractivity (Wildman–Crippen MR) is 78.7 cm³/mol. The number of aliphatic hydroxyl groups is 1. The van der Waals surface area contributed by atoms with Crippen LogP contribution in [0, 0.1) is 0 Å². The van der Waals surface area contributed by atoms with Crippen molar-refractivity contribution < 1.29 is 9.52 Å². The molecule has 0 atom stereocenters. The predicted octanol–water partition coefficient (Wildman–Crippen LogP) is 2.99. The van der Waals surface area contributed by atoms with Crippen molar-refractivity contribution in [3.8, 4) is 11.1 Å². The van der Waals surface area contributed by atoms with Gasteiger partial charge in [-0.1, -0.05) is 48.5 Å². The summed E-state index contributed by atoms with van der Waals surface area (Å²) in [5.41, 5.74) is 2.53. The molecule has 0 bridgehead atoms. The molecule has 0 aliphatic rings. The number of hydrogen-bond acceptors (Lipinski definition) is 3. The van der Waals surface area contributed by atoms with Crippen LogP contribution in [0.5, 0.6) is 0 Å². The normalized spacial score (nSPS) is 10.8. The molecule has 0 aliphatic heterocycles. The zero-order valence-electron chi connectivity index (χ0n) is 10.9. The van der Waals surface area contributed by atoms with Gasteiger partial charge in [-0.25, -0.2) is 4.79 Å². The molecule has 3 aromatic rings. The van der Waals surface area contributed by atoms with Gasteiger partial charge < -0.3 is 9.52 Å². The highest BCUT2D eigenvalue weighted by Crippen LogP contribution is 2.30. The maximum atomic E-state index is 12.1. The van der Waals surface area contributed by atoms with E-state index in [1.807, 2.05) is 48.5 Å². The standard InChI is InChI=1S/C17H14O3/c18-11-10-14-16(12-6-2-1-3-7-12)13-8-4-5-9-15(13)20-17(14)19/h1-9,18H,10-11H2. The molecule has 3 heteroatoms. The maximum Gasteiger partial charge on any atom is 0.340 e. The van der Waals surface area contributed by atoms with Crippen molar-refractivity contribution in [3.63, 3.8) is 0 Å². The van der Waals surface area contributed by atoms with Gasteiger partial charge in [-0.3, -0.25) is 0 Å². The van der Waals surface area contributed by atoms with E-state index >= 15 is 0 Å². The van der Waals surface area contributed by atoms with Gasteiger partial charge in [0.25, 0.3) is 0 Å². The van der Waals surface area contributed by atoms with E-state index in [2.05, 4.69) is 0 Å². The third-order valence-electron chi connectivity index (χ3n) is 3.33. The van der Waals surface area contributed by atoms with E-state index in [9.17, 15) is 9.90 Å². The van der Waals surface area contributed by atoms with Crippen molar-refractivity contribution >= 4 is 11.0 Å². The Labute approximate surface area is 116 Å². The molecule has 0 aliphatic carbocycles. The minimum Gasteiger partial charge on any atom is -0.422 e. The van der Waals surface area contributed by atoms with Gasteiger partial charge in [0.2, 0.25) is 0 Å². The summed E-state index contributed by atoms with van der Waals surface area (Å²) in [7, 11) is 0. The highest BCUT2D eigenvalue weighted by molar-refractivity contribution is 5.94. The number of para-hydroxylation sites is 1. The lowest BCUT2D eigenvalue weighted by Gasteiger charge is -2.11. The van der Waals surface area contributed by atoms with Crippen LogP contribution in [0.1, 0.15) is 5.56 Å². The van der Waals surface area contributed by atoms with Crippen molar-refractivity contribution in [3.05, 3.63) is 70.6 Å². The Morgan fingerprint density at radius 3 is 2.40 bits per heavy atom. The third kappa shape index (κ3) is 2.12. The van der Waals surface area contributed by atoms with Crippen molar-refractivity contribution in [1.29, 1.82) is 0 Å². The number of aliphatic hydroxyl groups excluding tert-OH is 1. The molecular formula is C17H14O3. The van der Waals surface area contributed by atoms with Crippen molar-refractivity contribution in [2.75, 3.05) is 6.61 Å². The molecule has 0 spiro atoms.